The highest BCUT2D eigenvalue weighted by Gasteiger charge is 2.40. The van der Waals surface area contributed by atoms with Gasteiger partial charge in [0.25, 0.3) is 5.91 Å². The van der Waals surface area contributed by atoms with Gasteiger partial charge in [0.1, 0.15) is 6.04 Å². The minimum Gasteiger partial charge on any atom is -0.352 e. The maximum Gasteiger partial charge on any atom is 0.256 e. The number of piperidine rings is 1. The molecule has 3 aliphatic rings. The van der Waals surface area contributed by atoms with Crippen molar-refractivity contribution < 1.29 is 14.4 Å². The molecule has 3 N–H and O–H groups in total. The van der Waals surface area contributed by atoms with Crippen molar-refractivity contribution in [3.8, 4) is 11.1 Å². The highest BCUT2D eigenvalue weighted by molar-refractivity contribution is 7.99. The van der Waals surface area contributed by atoms with Crippen LogP contribution in [0.2, 0.25) is 0 Å². The third-order valence-corrected chi connectivity index (χ3v) is 8.16. The van der Waals surface area contributed by atoms with Gasteiger partial charge in [-0.05, 0) is 54.5 Å². The number of amides is 3. The fourth-order valence-electron chi connectivity index (χ4n) is 4.62. The molecule has 2 saturated heterocycles. The Hall–Kier alpha value is -2.49. The fourth-order valence-corrected chi connectivity index (χ4v) is 5.97. The first kappa shape index (κ1) is 22.3. The molecule has 3 heterocycles. The molecule has 0 saturated carbocycles. The van der Waals surface area contributed by atoms with Crippen LogP contribution in [0.25, 0.3) is 11.1 Å². The zero-order valence-corrected chi connectivity index (χ0v) is 19.9. The molecule has 0 bridgehead atoms. The first-order valence-electron chi connectivity index (χ1n) is 11.1. The smallest absolute Gasteiger partial charge is 0.256 e. The molecule has 0 unspecified atom stereocenters. The second-order valence-corrected chi connectivity index (χ2v) is 10.4. The molecule has 33 heavy (non-hydrogen) atoms. The van der Waals surface area contributed by atoms with E-state index in [-0.39, 0.29) is 29.8 Å². The Balaban J connectivity index is 1.35. The third kappa shape index (κ3) is 4.49. The number of hydrogen-bond donors (Lipinski definition) is 3. The van der Waals surface area contributed by atoms with Crippen LogP contribution in [0.3, 0.4) is 0 Å². The van der Waals surface area contributed by atoms with Crippen molar-refractivity contribution in [2.75, 3.05) is 29.7 Å². The van der Waals surface area contributed by atoms with Gasteiger partial charge in [0, 0.05) is 29.1 Å². The fraction of sp³-hybridized carbons (Fsp3) is 0.375. The number of thioether (sulfide) groups is 2. The molecule has 0 radical (unpaired) electrons. The van der Waals surface area contributed by atoms with Crippen LogP contribution in [-0.2, 0) is 9.59 Å². The van der Waals surface area contributed by atoms with Gasteiger partial charge in [-0.15, -0.1) is 23.5 Å². The molecule has 3 aliphatic heterocycles. The van der Waals surface area contributed by atoms with E-state index in [2.05, 4.69) is 28.1 Å². The molecule has 2 fully saturated rings. The molecule has 3 amide bonds. The van der Waals surface area contributed by atoms with Crippen LogP contribution in [-0.4, -0.2) is 65.2 Å². The number of carbonyl (C=O) groups is 3. The van der Waals surface area contributed by atoms with Crippen molar-refractivity contribution in [3.63, 3.8) is 0 Å². The van der Waals surface area contributed by atoms with Gasteiger partial charge in [-0.1, -0.05) is 18.2 Å². The molecule has 0 aromatic heterocycles. The van der Waals surface area contributed by atoms with E-state index >= 15 is 0 Å². The predicted octanol–water partition coefficient (Wildman–Crippen LogP) is 2.78. The van der Waals surface area contributed by atoms with E-state index in [4.69, 9.17) is 0 Å². The zero-order chi connectivity index (χ0) is 22.9. The lowest BCUT2D eigenvalue weighted by molar-refractivity contribution is -0.125. The molecular weight excluding hydrogens is 456 g/mol. The Morgan fingerprint density at radius 2 is 1.94 bits per heavy atom. The number of carbonyl (C=O) groups excluding carboxylic acids is 3. The molecule has 5 rings (SSSR count). The highest BCUT2D eigenvalue weighted by Crippen LogP contribution is 2.32. The summed E-state index contributed by atoms with van der Waals surface area (Å²) in [5.41, 5.74) is 3.01. The van der Waals surface area contributed by atoms with E-state index in [9.17, 15) is 14.4 Å². The lowest BCUT2D eigenvalue weighted by Crippen LogP contribution is -2.56. The Bertz CT molecular complexity index is 1090. The summed E-state index contributed by atoms with van der Waals surface area (Å²) in [7, 11) is 0. The largest absolute Gasteiger partial charge is 0.352 e. The van der Waals surface area contributed by atoms with Crippen LogP contribution >= 0.6 is 23.5 Å². The predicted molar refractivity (Wildman–Crippen MR) is 133 cm³/mol. The van der Waals surface area contributed by atoms with Crippen molar-refractivity contribution in [1.29, 1.82) is 0 Å². The third-order valence-electron chi connectivity index (χ3n) is 6.48. The normalized spacial score (nSPS) is 24.5. The maximum atomic E-state index is 13.5. The summed E-state index contributed by atoms with van der Waals surface area (Å²) in [5, 5.41) is 9.19. The molecular formula is C24H26N4O3S2. The first-order chi connectivity index (χ1) is 16.0. The standard InChI is InChI=1S/C24H26N4O3S2/c1-32-17-5-2-14(3-6-17)15-4-7-19-18(10-15)24(31)28-9-8-16(11-21(28)23(30)27-19)26-22(29)20-12-33-13-25-20/h2-7,10,16,20-21,25H,8-9,11-13H2,1H3,(H,26,29)(H,27,30)/t16-,20+,21-/m0/s1. The summed E-state index contributed by atoms with van der Waals surface area (Å²) in [4.78, 5) is 41.9. The summed E-state index contributed by atoms with van der Waals surface area (Å²) < 4.78 is 0. The Morgan fingerprint density at radius 1 is 1.15 bits per heavy atom. The Kier molecular flexibility index (Phi) is 6.36. The van der Waals surface area contributed by atoms with Gasteiger partial charge in [0.2, 0.25) is 11.8 Å². The quantitative estimate of drug-likeness (QED) is 0.581. The van der Waals surface area contributed by atoms with Crippen LogP contribution in [0.15, 0.2) is 47.4 Å². The van der Waals surface area contributed by atoms with Crippen LogP contribution in [0.5, 0.6) is 0 Å². The van der Waals surface area contributed by atoms with E-state index in [0.717, 1.165) is 22.8 Å². The summed E-state index contributed by atoms with van der Waals surface area (Å²) >= 11 is 3.38. The topological polar surface area (TPSA) is 90.5 Å². The van der Waals surface area contributed by atoms with Gasteiger partial charge >= 0.3 is 0 Å². The van der Waals surface area contributed by atoms with Gasteiger partial charge in [-0.2, -0.15) is 0 Å². The molecule has 9 heteroatoms. The lowest BCUT2D eigenvalue weighted by atomic mass is 9.95. The summed E-state index contributed by atoms with van der Waals surface area (Å²) in [6.45, 7) is 0.431. The number of fused-ring (bicyclic) bond motifs is 2. The summed E-state index contributed by atoms with van der Waals surface area (Å²) in [6.07, 6.45) is 3.08. The molecule has 2 aromatic rings. The molecule has 2 aromatic carbocycles. The zero-order valence-electron chi connectivity index (χ0n) is 18.3. The number of rotatable bonds is 4. The Labute approximate surface area is 201 Å². The minimum atomic E-state index is -0.598. The van der Waals surface area contributed by atoms with Crippen molar-refractivity contribution in [1.82, 2.24) is 15.5 Å². The van der Waals surface area contributed by atoms with Crippen molar-refractivity contribution in [2.45, 2.75) is 35.9 Å². The van der Waals surface area contributed by atoms with E-state index < -0.39 is 6.04 Å². The lowest BCUT2D eigenvalue weighted by Gasteiger charge is -2.37. The van der Waals surface area contributed by atoms with Crippen LogP contribution in [0, 0.1) is 0 Å². The van der Waals surface area contributed by atoms with Gasteiger partial charge in [0.05, 0.1) is 17.3 Å². The van der Waals surface area contributed by atoms with E-state index in [1.165, 1.54) is 4.90 Å². The monoisotopic (exact) mass is 482 g/mol. The Morgan fingerprint density at radius 3 is 2.67 bits per heavy atom. The number of anilines is 1. The van der Waals surface area contributed by atoms with E-state index in [0.29, 0.717) is 30.6 Å². The average molecular weight is 483 g/mol. The van der Waals surface area contributed by atoms with Gasteiger partial charge in [-0.3, -0.25) is 19.7 Å². The molecule has 172 valence electrons. The first-order valence-corrected chi connectivity index (χ1v) is 13.4. The van der Waals surface area contributed by atoms with Crippen molar-refractivity contribution >= 4 is 46.9 Å². The number of nitrogens with one attached hydrogen (secondary N) is 3. The average Bonchev–Trinajstić information content (AvgIpc) is 3.36. The van der Waals surface area contributed by atoms with Crippen LogP contribution < -0.4 is 16.0 Å². The van der Waals surface area contributed by atoms with E-state index in [1.54, 1.807) is 28.4 Å². The number of hydrogen-bond acceptors (Lipinski definition) is 6. The maximum absolute atomic E-state index is 13.5. The molecule has 3 atom stereocenters. The van der Waals surface area contributed by atoms with Gasteiger partial charge in [-0.25, -0.2) is 0 Å². The van der Waals surface area contributed by atoms with Gasteiger partial charge < -0.3 is 15.5 Å². The summed E-state index contributed by atoms with van der Waals surface area (Å²) in [5.74, 6) is 1.16. The van der Waals surface area contributed by atoms with Crippen molar-refractivity contribution in [2.24, 2.45) is 0 Å². The van der Waals surface area contributed by atoms with Crippen molar-refractivity contribution in [3.05, 3.63) is 48.0 Å². The number of benzene rings is 2. The van der Waals surface area contributed by atoms with Crippen LogP contribution in [0.1, 0.15) is 23.2 Å². The summed E-state index contributed by atoms with van der Waals surface area (Å²) in [6, 6.07) is 12.9. The highest BCUT2D eigenvalue weighted by atomic mass is 32.2. The number of nitrogens with zero attached hydrogens (tertiary/aromatic N) is 1. The molecule has 7 nitrogen and oxygen atoms in total. The molecule has 0 aliphatic carbocycles. The van der Waals surface area contributed by atoms with Crippen LogP contribution in [0.4, 0.5) is 5.69 Å². The second kappa shape index (κ2) is 9.40. The van der Waals surface area contributed by atoms with Gasteiger partial charge in [0.15, 0.2) is 0 Å². The minimum absolute atomic E-state index is 0.0285. The SMILES string of the molecule is CSc1ccc(-c2ccc3c(c2)C(=O)N2CC[C@H](NC(=O)[C@H]4CSCN4)C[C@H]2C(=O)N3)cc1. The molecule has 0 spiro atoms. The van der Waals surface area contributed by atoms with E-state index in [1.807, 2.05) is 36.6 Å². The second-order valence-electron chi connectivity index (χ2n) is 8.49.